The van der Waals surface area contributed by atoms with Gasteiger partial charge in [-0.05, 0) is 61.2 Å². The van der Waals surface area contributed by atoms with Crippen molar-refractivity contribution in [1.29, 1.82) is 5.26 Å². The van der Waals surface area contributed by atoms with E-state index in [1.165, 1.54) is 6.42 Å². The number of halogens is 1. The van der Waals surface area contributed by atoms with Crippen LogP contribution in [-0.2, 0) is 24.3 Å². The van der Waals surface area contributed by atoms with Gasteiger partial charge in [0.2, 0.25) is 0 Å². The third-order valence-corrected chi connectivity index (χ3v) is 6.36. The predicted molar refractivity (Wildman–Crippen MR) is 132 cm³/mol. The van der Waals surface area contributed by atoms with Crippen LogP contribution in [0.5, 0.6) is 5.75 Å². The van der Waals surface area contributed by atoms with Crippen molar-refractivity contribution in [3.63, 3.8) is 0 Å². The Bertz CT molecular complexity index is 1170. The molecule has 0 bridgehead atoms. The zero-order valence-corrected chi connectivity index (χ0v) is 19.8. The molecular formula is C26H29ClN4O2. The van der Waals surface area contributed by atoms with Crippen molar-refractivity contribution in [2.45, 2.75) is 45.4 Å². The highest BCUT2D eigenvalue weighted by molar-refractivity contribution is 6.32. The molecule has 2 N–H and O–H groups in total. The van der Waals surface area contributed by atoms with E-state index in [1.54, 1.807) is 7.11 Å². The molecule has 1 aromatic heterocycles. The van der Waals surface area contributed by atoms with Gasteiger partial charge in [0.05, 0.1) is 48.2 Å². The molecule has 1 fully saturated rings. The van der Waals surface area contributed by atoms with E-state index in [1.807, 2.05) is 36.5 Å². The first kappa shape index (κ1) is 23.3. The summed E-state index contributed by atoms with van der Waals surface area (Å²) in [6, 6.07) is 12.3. The lowest BCUT2D eigenvalue weighted by atomic mass is 10.0. The largest absolute Gasteiger partial charge is 0.495 e. The molecule has 7 heteroatoms. The summed E-state index contributed by atoms with van der Waals surface area (Å²) in [7, 11) is 1.60. The lowest BCUT2D eigenvalue weighted by Gasteiger charge is -2.18. The number of aryl methyl sites for hydroxylation is 1. The molecule has 0 saturated carbocycles. The molecule has 0 amide bonds. The number of methoxy groups -OCH3 is 1. The summed E-state index contributed by atoms with van der Waals surface area (Å²) in [5.74, 6) is 0.649. The highest BCUT2D eigenvalue weighted by Gasteiger charge is 2.16. The van der Waals surface area contributed by atoms with Crippen LogP contribution < -0.4 is 15.4 Å². The van der Waals surface area contributed by atoms with Gasteiger partial charge in [0.1, 0.15) is 5.75 Å². The average Bonchev–Trinajstić information content (AvgIpc) is 3.36. The molecule has 0 unspecified atom stereocenters. The number of pyridine rings is 1. The monoisotopic (exact) mass is 464 g/mol. The minimum Gasteiger partial charge on any atom is -0.495 e. The van der Waals surface area contributed by atoms with Crippen molar-refractivity contribution in [3.8, 4) is 11.8 Å². The van der Waals surface area contributed by atoms with Gasteiger partial charge in [0.15, 0.2) is 0 Å². The third-order valence-electron chi connectivity index (χ3n) is 6.06. The number of aromatic nitrogens is 1. The zero-order valence-electron chi connectivity index (χ0n) is 19.1. The molecule has 0 aliphatic carbocycles. The standard InChI is InChI=1S/C26H29ClN4O2/c1-3-19-9-18(12-28)10-22-25(19)31-14-20(15-33-16-21-5-4-8-29-21)26(22)30-13-17-6-7-24(32-2)23(27)11-17/h6-7,9-11,14,21,29H,3-5,8,13,15-16H2,1-2H3,(H,30,31)/t21-/m0/s1. The number of nitrogens with zero attached hydrogens (tertiary/aromatic N) is 2. The zero-order chi connectivity index (χ0) is 23.2. The number of rotatable bonds is 9. The van der Waals surface area contributed by atoms with Crippen molar-refractivity contribution < 1.29 is 9.47 Å². The third kappa shape index (κ3) is 5.39. The van der Waals surface area contributed by atoms with E-state index >= 15 is 0 Å². The van der Waals surface area contributed by atoms with Crippen molar-refractivity contribution in [1.82, 2.24) is 10.3 Å². The number of anilines is 1. The Morgan fingerprint density at radius 1 is 1.27 bits per heavy atom. The summed E-state index contributed by atoms with van der Waals surface area (Å²) in [4.78, 5) is 4.75. The van der Waals surface area contributed by atoms with Gasteiger partial charge in [-0.25, -0.2) is 0 Å². The first-order valence-corrected chi connectivity index (χ1v) is 11.7. The number of nitriles is 1. The molecule has 1 aliphatic rings. The van der Waals surface area contributed by atoms with Crippen LogP contribution in [0.2, 0.25) is 5.02 Å². The highest BCUT2D eigenvalue weighted by Crippen LogP contribution is 2.32. The topological polar surface area (TPSA) is 79.2 Å². The number of nitrogens with one attached hydrogen (secondary N) is 2. The maximum atomic E-state index is 9.58. The Balaban J connectivity index is 1.65. The lowest BCUT2D eigenvalue weighted by Crippen LogP contribution is -2.26. The Morgan fingerprint density at radius 3 is 2.85 bits per heavy atom. The Labute approximate surface area is 199 Å². The molecule has 33 heavy (non-hydrogen) atoms. The van der Waals surface area contributed by atoms with Crippen LogP contribution in [-0.4, -0.2) is 31.3 Å². The Kier molecular flexibility index (Phi) is 7.66. The minimum atomic E-state index is 0.410. The van der Waals surface area contributed by atoms with Crippen molar-refractivity contribution >= 4 is 28.2 Å². The Morgan fingerprint density at radius 2 is 2.15 bits per heavy atom. The molecule has 2 aromatic carbocycles. The number of hydrogen-bond donors (Lipinski definition) is 2. The fourth-order valence-corrected chi connectivity index (χ4v) is 4.57. The second-order valence-corrected chi connectivity index (χ2v) is 8.69. The molecule has 6 nitrogen and oxygen atoms in total. The number of ether oxygens (including phenoxy) is 2. The van der Waals surface area contributed by atoms with Gasteiger partial charge in [-0.2, -0.15) is 5.26 Å². The molecule has 2 heterocycles. The average molecular weight is 465 g/mol. The van der Waals surface area contributed by atoms with E-state index in [-0.39, 0.29) is 0 Å². The van der Waals surface area contributed by atoms with Crippen LogP contribution in [0.15, 0.2) is 36.5 Å². The van der Waals surface area contributed by atoms with E-state index in [4.69, 9.17) is 26.1 Å². The van der Waals surface area contributed by atoms with Crippen LogP contribution in [0, 0.1) is 11.3 Å². The van der Waals surface area contributed by atoms with E-state index < -0.39 is 0 Å². The summed E-state index contributed by atoms with van der Waals surface area (Å²) < 4.78 is 11.3. The van der Waals surface area contributed by atoms with E-state index in [9.17, 15) is 5.26 Å². The second-order valence-electron chi connectivity index (χ2n) is 8.29. The SMILES string of the molecule is CCc1cc(C#N)cc2c(NCc3ccc(OC)c(Cl)c3)c(COC[C@@H]3CCCN3)cnc12. The summed E-state index contributed by atoms with van der Waals surface area (Å²) in [5.41, 5.74) is 5.54. The minimum absolute atomic E-state index is 0.410. The summed E-state index contributed by atoms with van der Waals surface area (Å²) in [6.07, 6.45) is 5.03. The van der Waals surface area contributed by atoms with Crippen molar-refractivity contribution in [2.24, 2.45) is 0 Å². The van der Waals surface area contributed by atoms with Crippen LogP contribution >= 0.6 is 11.6 Å². The molecule has 3 aromatic rings. The van der Waals surface area contributed by atoms with Gasteiger partial charge in [0.25, 0.3) is 0 Å². The quantitative estimate of drug-likeness (QED) is 0.452. The van der Waals surface area contributed by atoms with Crippen LogP contribution in [0.4, 0.5) is 5.69 Å². The molecule has 0 spiro atoms. The van der Waals surface area contributed by atoms with Gasteiger partial charge in [0, 0.05) is 29.7 Å². The van der Waals surface area contributed by atoms with Crippen molar-refractivity contribution in [2.75, 3.05) is 25.6 Å². The fourth-order valence-electron chi connectivity index (χ4n) is 4.29. The summed E-state index contributed by atoms with van der Waals surface area (Å²) >= 11 is 6.32. The molecule has 1 atom stereocenters. The molecular weight excluding hydrogens is 436 g/mol. The van der Waals surface area contributed by atoms with Gasteiger partial charge in [-0.3, -0.25) is 4.98 Å². The Hall–Kier alpha value is -2.85. The van der Waals surface area contributed by atoms with E-state index in [0.29, 0.717) is 42.1 Å². The summed E-state index contributed by atoms with van der Waals surface area (Å²) in [5, 5.41) is 18.1. The molecule has 0 radical (unpaired) electrons. The molecule has 1 aliphatic heterocycles. The smallest absolute Gasteiger partial charge is 0.137 e. The first-order chi connectivity index (χ1) is 16.1. The molecule has 4 rings (SSSR count). The summed E-state index contributed by atoms with van der Waals surface area (Å²) in [6.45, 7) is 4.82. The fraction of sp³-hybridized carbons (Fsp3) is 0.385. The van der Waals surface area contributed by atoms with Gasteiger partial charge >= 0.3 is 0 Å². The van der Waals surface area contributed by atoms with Crippen LogP contribution in [0.1, 0.15) is 42.0 Å². The van der Waals surface area contributed by atoms with E-state index in [0.717, 1.165) is 52.7 Å². The normalized spacial score (nSPS) is 15.5. The maximum Gasteiger partial charge on any atom is 0.137 e. The second kappa shape index (κ2) is 10.8. The van der Waals surface area contributed by atoms with Gasteiger partial charge in [-0.1, -0.05) is 24.6 Å². The molecule has 172 valence electrons. The van der Waals surface area contributed by atoms with Crippen LogP contribution in [0.3, 0.4) is 0 Å². The number of fused-ring (bicyclic) bond motifs is 1. The van der Waals surface area contributed by atoms with Crippen molar-refractivity contribution in [3.05, 3.63) is 63.8 Å². The number of benzene rings is 2. The first-order valence-electron chi connectivity index (χ1n) is 11.3. The van der Waals surface area contributed by atoms with Gasteiger partial charge < -0.3 is 20.1 Å². The molecule has 1 saturated heterocycles. The lowest BCUT2D eigenvalue weighted by molar-refractivity contribution is 0.103. The van der Waals surface area contributed by atoms with E-state index in [2.05, 4.69) is 23.6 Å². The maximum absolute atomic E-state index is 9.58. The van der Waals surface area contributed by atoms with Gasteiger partial charge in [-0.15, -0.1) is 0 Å². The highest BCUT2D eigenvalue weighted by atomic mass is 35.5. The number of hydrogen-bond acceptors (Lipinski definition) is 6. The van der Waals surface area contributed by atoms with Crippen LogP contribution in [0.25, 0.3) is 10.9 Å². The predicted octanol–water partition coefficient (Wildman–Crippen LogP) is 5.21.